The van der Waals surface area contributed by atoms with E-state index in [9.17, 15) is 19.5 Å². The maximum Gasteiger partial charge on any atom is 0.252 e. The third-order valence-corrected chi connectivity index (χ3v) is 5.09. The maximum absolute atomic E-state index is 12.6. The quantitative estimate of drug-likeness (QED) is 0.749. The topological polar surface area (TPSA) is 104 Å². The van der Waals surface area contributed by atoms with Crippen LogP contribution >= 0.6 is 0 Å². The predicted molar refractivity (Wildman–Crippen MR) is 93.5 cm³/mol. The van der Waals surface area contributed by atoms with E-state index in [-0.39, 0.29) is 30.2 Å². The van der Waals surface area contributed by atoms with Crippen molar-refractivity contribution in [1.82, 2.24) is 9.80 Å². The van der Waals surface area contributed by atoms with Crippen molar-refractivity contribution in [1.29, 1.82) is 0 Å². The van der Waals surface area contributed by atoms with Gasteiger partial charge in [-0.25, -0.2) is 0 Å². The lowest BCUT2D eigenvalue weighted by molar-refractivity contribution is -0.147. The van der Waals surface area contributed by atoms with Gasteiger partial charge in [-0.3, -0.25) is 14.4 Å². The normalized spacial score (nSPS) is 26.2. The molecule has 0 radical (unpaired) electrons. The fraction of sp³-hybridized carbons (Fsp3) is 0.833. The average Bonchev–Trinajstić information content (AvgIpc) is 3.05. The average molecular weight is 353 g/mol. The van der Waals surface area contributed by atoms with E-state index < -0.39 is 29.5 Å². The molecule has 7 heteroatoms. The fourth-order valence-electron chi connectivity index (χ4n) is 3.71. The molecule has 0 aromatic rings. The Hall–Kier alpha value is -1.47. The van der Waals surface area contributed by atoms with E-state index in [0.717, 1.165) is 0 Å². The summed E-state index contributed by atoms with van der Waals surface area (Å²) < 4.78 is 0. The number of amides is 2. The molecule has 0 saturated carbocycles. The zero-order chi connectivity index (χ0) is 19.1. The Kier molecular flexibility index (Phi) is 5.59. The van der Waals surface area contributed by atoms with E-state index in [1.807, 2.05) is 13.8 Å². The second-order valence-corrected chi connectivity index (χ2v) is 8.77. The van der Waals surface area contributed by atoms with Gasteiger partial charge in [0.25, 0.3) is 5.91 Å². The molecule has 0 bridgehead atoms. The van der Waals surface area contributed by atoms with Crippen LogP contribution in [0.3, 0.4) is 0 Å². The molecular weight excluding hydrogens is 322 g/mol. The number of nitrogens with two attached hydrogens (primary N) is 1. The highest BCUT2D eigenvalue weighted by Gasteiger charge is 2.53. The molecule has 4 unspecified atom stereocenters. The van der Waals surface area contributed by atoms with Gasteiger partial charge in [0.05, 0.1) is 18.6 Å². The predicted octanol–water partition coefficient (Wildman–Crippen LogP) is 0.148. The molecule has 2 saturated heterocycles. The van der Waals surface area contributed by atoms with Crippen LogP contribution in [0.5, 0.6) is 0 Å². The van der Waals surface area contributed by atoms with Crippen LogP contribution in [-0.2, 0) is 14.4 Å². The minimum Gasteiger partial charge on any atom is -0.383 e. The number of Topliss-reactive ketones (excluding diaryl/α,β-unsaturated/α-hetero) is 1. The van der Waals surface area contributed by atoms with Gasteiger partial charge in [0.2, 0.25) is 5.91 Å². The molecule has 2 aliphatic heterocycles. The van der Waals surface area contributed by atoms with Crippen molar-refractivity contribution < 1.29 is 19.5 Å². The number of fused-ring (bicyclic) bond motifs is 1. The van der Waals surface area contributed by atoms with Crippen molar-refractivity contribution in [3.63, 3.8) is 0 Å². The molecule has 0 spiro atoms. The molecule has 7 nitrogen and oxygen atoms in total. The van der Waals surface area contributed by atoms with Gasteiger partial charge < -0.3 is 20.6 Å². The number of rotatable bonds is 4. The van der Waals surface area contributed by atoms with Crippen LogP contribution in [0.2, 0.25) is 0 Å². The van der Waals surface area contributed by atoms with Gasteiger partial charge in [-0.15, -0.1) is 0 Å². The minimum atomic E-state index is -1.17. The molecule has 4 atom stereocenters. The van der Waals surface area contributed by atoms with Crippen LogP contribution in [0.15, 0.2) is 0 Å². The van der Waals surface area contributed by atoms with Crippen LogP contribution < -0.4 is 5.73 Å². The molecule has 3 N–H and O–H groups in total. The first-order chi connectivity index (χ1) is 11.4. The number of hydrogen-bond donors (Lipinski definition) is 2. The largest absolute Gasteiger partial charge is 0.383 e. The Morgan fingerprint density at radius 2 is 1.84 bits per heavy atom. The summed E-state index contributed by atoms with van der Waals surface area (Å²) in [6.45, 7) is 9.69. The molecule has 2 rings (SSSR count). The smallest absolute Gasteiger partial charge is 0.252 e. The third-order valence-electron chi connectivity index (χ3n) is 5.09. The van der Waals surface area contributed by atoms with Crippen molar-refractivity contribution in [2.45, 2.75) is 71.7 Å². The van der Waals surface area contributed by atoms with E-state index in [4.69, 9.17) is 5.73 Å². The second kappa shape index (κ2) is 7.03. The first-order valence-corrected chi connectivity index (χ1v) is 9.02. The number of ketones is 1. The zero-order valence-electron chi connectivity index (χ0n) is 15.9. The molecule has 2 heterocycles. The van der Waals surface area contributed by atoms with Gasteiger partial charge in [0, 0.05) is 6.54 Å². The third kappa shape index (κ3) is 3.87. The maximum atomic E-state index is 12.6. The first-order valence-electron chi connectivity index (χ1n) is 9.02. The second-order valence-electron chi connectivity index (χ2n) is 8.77. The van der Waals surface area contributed by atoms with Gasteiger partial charge in [0.1, 0.15) is 12.1 Å². The lowest BCUT2D eigenvalue weighted by atomic mass is 9.88. The van der Waals surface area contributed by atoms with Gasteiger partial charge >= 0.3 is 0 Å². The van der Waals surface area contributed by atoms with Crippen LogP contribution in [0, 0.1) is 11.3 Å². The number of carbonyl (C=O) groups excluding carboxylic acids is 3. The molecule has 2 aliphatic rings. The fourth-order valence-corrected chi connectivity index (χ4v) is 3.71. The monoisotopic (exact) mass is 353 g/mol. The molecule has 142 valence electrons. The van der Waals surface area contributed by atoms with E-state index in [2.05, 4.69) is 0 Å². The highest BCUT2D eigenvalue weighted by Crippen LogP contribution is 2.32. The first kappa shape index (κ1) is 19.8. The van der Waals surface area contributed by atoms with Crippen molar-refractivity contribution in [2.75, 3.05) is 13.1 Å². The van der Waals surface area contributed by atoms with Crippen LogP contribution in [0.25, 0.3) is 0 Å². The Labute approximate surface area is 149 Å². The lowest BCUT2D eigenvalue weighted by Gasteiger charge is -2.31. The SMILES string of the molecule is CC(C)CC(N)C(=O)N1CCC2C1C(=O)CN2C(=O)C(O)C(C)(C)C. The van der Waals surface area contributed by atoms with Crippen LogP contribution in [0.4, 0.5) is 0 Å². The summed E-state index contributed by atoms with van der Waals surface area (Å²) in [5, 5.41) is 10.3. The van der Waals surface area contributed by atoms with Crippen molar-refractivity contribution >= 4 is 17.6 Å². The Balaban J connectivity index is 2.14. The Morgan fingerprint density at radius 3 is 2.36 bits per heavy atom. The van der Waals surface area contributed by atoms with Gasteiger partial charge in [0.15, 0.2) is 5.78 Å². The Bertz CT molecular complexity index is 555. The standard InChI is InChI=1S/C18H31N3O4/c1-10(2)8-11(19)16(24)20-7-6-12-14(20)13(22)9-21(12)17(25)15(23)18(3,4)5/h10-12,14-15,23H,6-9,19H2,1-5H3. The highest BCUT2D eigenvalue weighted by atomic mass is 16.3. The molecule has 2 fully saturated rings. The summed E-state index contributed by atoms with van der Waals surface area (Å²) in [5.41, 5.74) is 5.40. The molecule has 0 aliphatic carbocycles. The zero-order valence-corrected chi connectivity index (χ0v) is 15.9. The minimum absolute atomic E-state index is 0.0511. The molecule has 25 heavy (non-hydrogen) atoms. The van der Waals surface area contributed by atoms with Crippen molar-refractivity contribution in [2.24, 2.45) is 17.1 Å². The number of hydrogen-bond acceptors (Lipinski definition) is 5. The number of nitrogens with zero attached hydrogens (tertiary/aromatic N) is 2. The summed E-state index contributed by atoms with van der Waals surface area (Å²) in [5.74, 6) is -0.520. The number of carbonyl (C=O) groups is 3. The van der Waals surface area contributed by atoms with Crippen molar-refractivity contribution in [3.05, 3.63) is 0 Å². The van der Waals surface area contributed by atoms with Gasteiger partial charge in [-0.05, 0) is 24.2 Å². The summed E-state index contributed by atoms with van der Waals surface area (Å²) >= 11 is 0. The van der Waals surface area contributed by atoms with E-state index in [1.54, 1.807) is 20.8 Å². The van der Waals surface area contributed by atoms with Gasteiger partial charge in [-0.2, -0.15) is 0 Å². The van der Waals surface area contributed by atoms with E-state index >= 15 is 0 Å². The Morgan fingerprint density at radius 1 is 1.24 bits per heavy atom. The number of aliphatic hydroxyl groups is 1. The van der Waals surface area contributed by atoms with Crippen LogP contribution in [-0.4, -0.2) is 69.8 Å². The summed E-state index contributed by atoms with van der Waals surface area (Å²) in [6.07, 6.45) is -0.0715. The molecular formula is C18H31N3O4. The van der Waals surface area contributed by atoms with Crippen LogP contribution in [0.1, 0.15) is 47.5 Å². The summed E-state index contributed by atoms with van der Waals surface area (Å²) in [7, 11) is 0. The summed E-state index contributed by atoms with van der Waals surface area (Å²) in [6, 6.07) is -1.61. The summed E-state index contributed by atoms with van der Waals surface area (Å²) in [4.78, 5) is 40.7. The molecule has 2 amide bonds. The van der Waals surface area contributed by atoms with Gasteiger partial charge in [-0.1, -0.05) is 34.6 Å². The van der Waals surface area contributed by atoms with Crippen molar-refractivity contribution in [3.8, 4) is 0 Å². The number of likely N-dealkylation sites (tertiary alicyclic amines) is 2. The van der Waals surface area contributed by atoms with E-state index in [0.29, 0.717) is 19.4 Å². The lowest BCUT2D eigenvalue weighted by Crippen LogP contribution is -2.51. The molecule has 0 aromatic heterocycles. The van der Waals surface area contributed by atoms with E-state index in [1.165, 1.54) is 9.80 Å². The highest BCUT2D eigenvalue weighted by molar-refractivity contribution is 5.99. The molecule has 0 aromatic carbocycles. The number of aliphatic hydroxyl groups excluding tert-OH is 1.